The molecule has 0 bridgehead atoms. The zero-order valence-electron chi connectivity index (χ0n) is 11.0. The Morgan fingerprint density at radius 2 is 1.79 bits per heavy atom. The third-order valence-corrected chi connectivity index (χ3v) is 2.92. The van der Waals surface area contributed by atoms with Gasteiger partial charge < -0.3 is 9.64 Å². The summed E-state index contributed by atoms with van der Waals surface area (Å²) < 4.78 is 5.57. The van der Waals surface area contributed by atoms with Crippen molar-refractivity contribution in [3.8, 4) is 5.75 Å². The van der Waals surface area contributed by atoms with E-state index in [1.165, 1.54) is 0 Å². The molecule has 0 atom stereocenters. The van der Waals surface area contributed by atoms with E-state index < -0.39 is 0 Å². The van der Waals surface area contributed by atoms with Crippen LogP contribution in [0, 0.1) is 0 Å². The number of piperazine rings is 1. The molecule has 0 aliphatic carbocycles. The molecule has 1 fully saturated rings. The highest BCUT2D eigenvalue weighted by Crippen LogP contribution is 2.20. The first-order valence-electron chi connectivity index (χ1n) is 6.49. The van der Waals surface area contributed by atoms with Crippen LogP contribution in [0.15, 0.2) is 24.3 Å². The van der Waals surface area contributed by atoms with Gasteiger partial charge in [0.05, 0.1) is 19.7 Å². The second-order valence-corrected chi connectivity index (χ2v) is 4.52. The predicted molar refractivity (Wildman–Crippen MR) is 72.2 cm³/mol. The highest BCUT2D eigenvalue weighted by Gasteiger charge is 2.22. The number of hydrogen-bond donors (Lipinski definition) is 1. The molecule has 1 N–H and O–H groups in total. The van der Waals surface area contributed by atoms with E-state index in [1.54, 1.807) is 4.90 Å². The van der Waals surface area contributed by atoms with Crippen LogP contribution < -0.4 is 15.0 Å². The van der Waals surface area contributed by atoms with Crippen LogP contribution in [0.1, 0.15) is 19.8 Å². The highest BCUT2D eigenvalue weighted by molar-refractivity contribution is 6.02. The van der Waals surface area contributed by atoms with Gasteiger partial charge in [0.15, 0.2) is 0 Å². The molecule has 5 nitrogen and oxygen atoms in total. The number of anilines is 1. The van der Waals surface area contributed by atoms with Crippen LogP contribution in [0.5, 0.6) is 5.75 Å². The molecule has 102 valence electrons. The van der Waals surface area contributed by atoms with Gasteiger partial charge in [-0.2, -0.15) is 0 Å². The summed E-state index contributed by atoms with van der Waals surface area (Å²) in [6.45, 7) is 3.24. The number of amides is 2. The third-order valence-electron chi connectivity index (χ3n) is 2.92. The summed E-state index contributed by atoms with van der Waals surface area (Å²) in [4.78, 5) is 24.3. The molecule has 1 aromatic rings. The van der Waals surface area contributed by atoms with Crippen molar-refractivity contribution < 1.29 is 14.3 Å². The topological polar surface area (TPSA) is 58.6 Å². The lowest BCUT2D eigenvalue weighted by atomic mass is 10.2. The number of rotatable bonds is 5. The predicted octanol–water partition coefficient (Wildman–Crippen LogP) is 1.33. The monoisotopic (exact) mass is 262 g/mol. The van der Waals surface area contributed by atoms with Gasteiger partial charge in [-0.1, -0.05) is 13.3 Å². The van der Waals surface area contributed by atoms with Gasteiger partial charge in [0, 0.05) is 5.69 Å². The fourth-order valence-electron chi connectivity index (χ4n) is 1.91. The van der Waals surface area contributed by atoms with Crippen LogP contribution in [-0.4, -0.2) is 31.5 Å². The van der Waals surface area contributed by atoms with Gasteiger partial charge in [0.1, 0.15) is 5.75 Å². The maximum atomic E-state index is 11.3. The Labute approximate surface area is 112 Å². The SMILES string of the molecule is CCCCOc1ccc(N2CC(=O)NC(=O)C2)cc1. The summed E-state index contributed by atoms with van der Waals surface area (Å²) in [6, 6.07) is 7.46. The Kier molecular flexibility index (Phi) is 4.39. The van der Waals surface area contributed by atoms with E-state index in [0.29, 0.717) is 6.61 Å². The molecule has 0 unspecified atom stereocenters. The van der Waals surface area contributed by atoms with E-state index in [1.807, 2.05) is 24.3 Å². The first-order chi connectivity index (χ1) is 9.19. The molecular formula is C14H18N2O3. The molecule has 1 aromatic carbocycles. The minimum Gasteiger partial charge on any atom is -0.494 e. The molecule has 0 radical (unpaired) electrons. The van der Waals surface area contributed by atoms with E-state index >= 15 is 0 Å². The van der Waals surface area contributed by atoms with Crippen molar-refractivity contribution in [2.45, 2.75) is 19.8 Å². The quantitative estimate of drug-likeness (QED) is 0.642. The van der Waals surface area contributed by atoms with Gasteiger partial charge in [0.25, 0.3) is 0 Å². The number of benzene rings is 1. The van der Waals surface area contributed by atoms with Gasteiger partial charge in [-0.25, -0.2) is 0 Å². The molecule has 1 heterocycles. The lowest BCUT2D eigenvalue weighted by molar-refractivity contribution is -0.130. The van der Waals surface area contributed by atoms with Crippen LogP contribution in [-0.2, 0) is 9.59 Å². The summed E-state index contributed by atoms with van der Waals surface area (Å²) in [5.41, 5.74) is 0.853. The van der Waals surface area contributed by atoms with Crippen LogP contribution in [0.25, 0.3) is 0 Å². The second kappa shape index (κ2) is 6.22. The van der Waals surface area contributed by atoms with Crippen molar-refractivity contribution >= 4 is 17.5 Å². The lowest BCUT2D eigenvalue weighted by Crippen LogP contribution is -2.51. The van der Waals surface area contributed by atoms with Crippen molar-refractivity contribution in [1.29, 1.82) is 0 Å². The van der Waals surface area contributed by atoms with Crippen LogP contribution in [0.3, 0.4) is 0 Å². The number of unbranched alkanes of at least 4 members (excludes halogenated alkanes) is 1. The van der Waals surface area contributed by atoms with Crippen molar-refractivity contribution in [2.24, 2.45) is 0 Å². The molecule has 1 aliphatic rings. The summed E-state index contributed by atoms with van der Waals surface area (Å²) in [5, 5.41) is 2.28. The molecule has 0 aromatic heterocycles. The van der Waals surface area contributed by atoms with E-state index in [4.69, 9.17) is 4.74 Å². The Balaban J connectivity index is 1.97. The summed E-state index contributed by atoms with van der Waals surface area (Å²) in [5.74, 6) is 0.282. The molecule has 19 heavy (non-hydrogen) atoms. The largest absolute Gasteiger partial charge is 0.494 e. The van der Waals surface area contributed by atoms with Gasteiger partial charge >= 0.3 is 0 Å². The van der Waals surface area contributed by atoms with E-state index in [9.17, 15) is 9.59 Å². The standard InChI is InChI=1S/C14H18N2O3/c1-2-3-8-19-12-6-4-11(5-7-12)16-9-13(17)15-14(18)10-16/h4-7H,2-3,8-10H2,1H3,(H,15,17,18). The molecule has 5 heteroatoms. The van der Waals surface area contributed by atoms with E-state index in [-0.39, 0.29) is 24.9 Å². The van der Waals surface area contributed by atoms with E-state index in [0.717, 1.165) is 24.3 Å². The number of imide groups is 1. The zero-order valence-corrected chi connectivity index (χ0v) is 11.0. The number of carbonyl (C=O) groups excluding carboxylic acids is 2. The zero-order chi connectivity index (χ0) is 13.7. The fraction of sp³-hybridized carbons (Fsp3) is 0.429. The molecule has 0 saturated carbocycles. The third kappa shape index (κ3) is 3.71. The van der Waals surface area contributed by atoms with Crippen molar-refractivity contribution in [3.63, 3.8) is 0 Å². The van der Waals surface area contributed by atoms with Crippen LogP contribution in [0.2, 0.25) is 0 Å². The van der Waals surface area contributed by atoms with Gasteiger partial charge in [-0.3, -0.25) is 14.9 Å². The highest BCUT2D eigenvalue weighted by atomic mass is 16.5. The van der Waals surface area contributed by atoms with Gasteiger partial charge in [-0.05, 0) is 30.7 Å². The normalized spacial score (nSPS) is 15.3. The lowest BCUT2D eigenvalue weighted by Gasteiger charge is -2.27. The van der Waals surface area contributed by atoms with Gasteiger partial charge in [0.2, 0.25) is 11.8 Å². The smallest absolute Gasteiger partial charge is 0.246 e. The average molecular weight is 262 g/mol. The number of hydrogen-bond acceptors (Lipinski definition) is 4. The molecule has 0 spiro atoms. The fourth-order valence-corrected chi connectivity index (χ4v) is 1.91. The second-order valence-electron chi connectivity index (χ2n) is 4.52. The molecule has 2 rings (SSSR count). The Morgan fingerprint density at radius 3 is 2.37 bits per heavy atom. The summed E-state index contributed by atoms with van der Waals surface area (Å²) in [6.07, 6.45) is 2.13. The molecule has 1 aliphatic heterocycles. The Hall–Kier alpha value is -2.04. The van der Waals surface area contributed by atoms with Crippen molar-refractivity contribution in [1.82, 2.24) is 5.32 Å². The summed E-state index contributed by atoms with van der Waals surface area (Å²) in [7, 11) is 0. The number of ether oxygens (including phenoxy) is 1. The number of carbonyl (C=O) groups is 2. The maximum Gasteiger partial charge on any atom is 0.246 e. The Bertz CT molecular complexity index is 440. The van der Waals surface area contributed by atoms with E-state index in [2.05, 4.69) is 12.2 Å². The Morgan fingerprint density at radius 1 is 1.16 bits per heavy atom. The first-order valence-corrected chi connectivity index (χ1v) is 6.49. The number of nitrogens with one attached hydrogen (secondary N) is 1. The first kappa shape index (κ1) is 13.4. The maximum absolute atomic E-state index is 11.3. The van der Waals surface area contributed by atoms with Crippen molar-refractivity contribution in [2.75, 3.05) is 24.6 Å². The van der Waals surface area contributed by atoms with Crippen LogP contribution >= 0.6 is 0 Å². The number of nitrogens with zero attached hydrogens (tertiary/aromatic N) is 1. The van der Waals surface area contributed by atoms with Crippen LogP contribution in [0.4, 0.5) is 5.69 Å². The minimum absolute atomic E-state index is 0.210. The van der Waals surface area contributed by atoms with Gasteiger partial charge in [-0.15, -0.1) is 0 Å². The molecular weight excluding hydrogens is 244 g/mol. The average Bonchev–Trinajstić information content (AvgIpc) is 2.39. The van der Waals surface area contributed by atoms with Crippen molar-refractivity contribution in [3.05, 3.63) is 24.3 Å². The minimum atomic E-state index is -0.264. The summed E-state index contributed by atoms with van der Waals surface area (Å²) >= 11 is 0. The molecule has 2 amide bonds. The molecule has 1 saturated heterocycles.